The molecule has 2 fully saturated rings. The molecule has 0 spiro atoms. The van der Waals surface area contributed by atoms with Gasteiger partial charge in [0.15, 0.2) is 0 Å². The normalized spacial score (nSPS) is 24.6. The van der Waals surface area contributed by atoms with Gasteiger partial charge >= 0.3 is 0 Å². The first-order valence-electron chi connectivity index (χ1n) is 11.8. The number of benzene rings is 1. The van der Waals surface area contributed by atoms with Gasteiger partial charge in [-0.25, -0.2) is 4.39 Å². The Bertz CT molecular complexity index is 796. The van der Waals surface area contributed by atoms with E-state index in [9.17, 15) is 4.39 Å². The SMILES string of the molecule is CC(C)[C@H]1CC[C@@H](N2CCC(n3cc(CCCN)c4cc(F)ccc43)CC2)CC1. The fourth-order valence-electron chi connectivity index (χ4n) is 5.75. The second kappa shape index (κ2) is 9.18. The summed E-state index contributed by atoms with van der Waals surface area (Å²) in [5.41, 5.74) is 8.16. The molecule has 29 heavy (non-hydrogen) atoms. The number of aryl methyl sites for hydroxylation is 1. The maximum atomic E-state index is 13.9. The molecule has 1 saturated heterocycles. The predicted molar refractivity (Wildman–Crippen MR) is 120 cm³/mol. The number of nitrogens with two attached hydrogens (primary N) is 1. The summed E-state index contributed by atoms with van der Waals surface area (Å²) in [6, 6.07) is 6.60. The van der Waals surface area contributed by atoms with Crippen molar-refractivity contribution in [1.82, 2.24) is 9.47 Å². The van der Waals surface area contributed by atoms with E-state index in [0.29, 0.717) is 12.6 Å². The monoisotopic (exact) mass is 399 g/mol. The minimum Gasteiger partial charge on any atom is -0.344 e. The van der Waals surface area contributed by atoms with E-state index in [1.807, 2.05) is 6.07 Å². The molecule has 1 saturated carbocycles. The van der Waals surface area contributed by atoms with E-state index in [1.165, 1.54) is 62.7 Å². The van der Waals surface area contributed by atoms with Gasteiger partial charge < -0.3 is 15.2 Å². The highest BCUT2D eigenvalue weighted by atomic mass is 19.1. The maximum Gasteiger partial charge on any atom is 0.123 e. The third-order valence-corrected chi connectivity index (χ3v) is 7.62. The molecule has 0 unspecified atom stereocenters. The molecule has 1 aromatic carbocycles. The van der Waals surface area contributed by atoms with Crippen LogP contribution in [0.4, 0.5) is 4.39 Å². The van der Waals surface area contributed by atoms with Gasteiger partial charge in [-0.3, -0.25) is 0 Å². The molecule has 0 radical (unpaired) electrons. The molecule has 2 aromatic rings. The lowest BCUT2D eigenvalue weighted by molar-refractivity contribution is 0.0894. The van der Waals surface area contributed by atoms with Gasteiger partial charge in [0, 0.05) is 42.3 Å². The lowest BCUT2D eigenvalue weighted by Gasteiger charge is -2.42. The number of piperidine rings is 1. The van der Waals surface area contributed by atoms with Gasteiger partial charge in [-0.2, -0.15) is 0 Å². The smallest absolute Gasteiger partial charge is 0.123 e. The highest BCUT2D eigenvalue weighted by molar-refractivity contribution is 5.84. The van der Waals surface area contributed by atoms with Gasteiger partial charge in [-0.05, 0) is 93.5 Å². The summed E-state index contributed by atoms with van der Waals surface area (Å²) in [6.45, 7) is 7.83. The highest BCUT2D eigenvalue weighted by Crippen LogP contribution is 2.36. The van der Waals surface area contributed by atoms with Gasteiger partial charge in [0.05, 0.1) is 0 Å². The van der Waals surface area contributed by atoms with Crippen LogP contribution in [0, 0.1) is 17.7 Å². The average Bonchev–Trinajstić information content (AvgIpc) is 3.10. The molecule has 0 amide bonds. The first kappa shape index (κ1) is 20.9. The number of hydrogen-bond donors (Lipinski definition) is 1. The Morgan fingerprint density at radius 1 is 1.03 bits per heavy atom. The molecule has 160 valence electrons. The van der Waals surface area contributed by atoms with Crippen molar-refractivity contribution >= 4 is 10.9 Å². The van der Waals surface area contributed by atoms with Gasteiger partial charge in [0.2, 0.25) is 0 Å². The van der Waals surface area contributed by atoms with Crippen LogP contribution in [-0.2, 0) is 6.42 Å². The molecular formula is C25H38FN3. The van der Waals surface area contributed by atoms with E-state index in [-0.39, 0.29) is 5.82 Å². The molecule has 2 aliphatic rings. The zero-order chi connectivity index (χ0) is 20.4. The van der Waals surface area contributed by atoms with Crippen molar-refractivity contribution in [3.05, 3.63) is 35.8 Å². The van der Waals surface area contributed by atoms with Gasteiger partial charge in [0.25, 0.3) is 0 Å². The predicted octanol–water partition coefficient (Wildman–Crippen LogP) is 5.52. The van der Waals surface area contributed by atoms with E-state index in [2.05, 4.69) is 29.5 Å². The molecule has 0 atom stereocenters. The second-order valence-electron chi connectivity index (χ2n) is 9.70. The van der Waals surface area contributed by atoms with Crippen LogP contribution in [0.5, 0.6) is 0 Å². The van der Waals surface area contributed by atoms with Crippen molar-refractivity contribution < 1.29 is 4.39 Å². The van der Waals surface area contributed by atoms with Gasteiger partial charge in [-0.15, -0.1) is 0 Å². The topological polar surface area (TPSA) is 34.2 Å². The van der Waals surface area contributed by atoms with Gasteiger partial charge in [-0.1, -0.05) is 13.8 Å². The van der Waals surface area contributed by atoms with Crippen LogP contribution >= 0.6 is 0 Å². The summed E-state index contributed by atoms with van der Waals surface area (Å²) >= 11 is 0. The third-order valence-electron chi connectivity index (χ3n) is 7.62. The summed E-state index contributed by atoms with van der Waals surface area (Å²) in [5, 5.41) is 1.08. The summed E-state index contributed by atoms with van der Waals surface area (Å²) in [4.78, 5) is 2.76. The molecule has 3 nitrogen and oxygen atoms in total. The second-order valence-corrected chi connectivity index (χ2v) is 9.70. The van der Waals surface area contributed by atoms with Crippen molar-refractivity contribution in [3.63, 3.8) is 0 Å². The Labute approximate surface area is 175 Å². The van der Waals surface area contributed by atoms with Crippen LogP contribution in [0.1, 0.15) is 70.4 Å². The van der Waals surface area contributed by atoms with E-state index in [1.54, 1.807) is 12.1 Å². The fraction of sp³-hybridized carbons (Fsp3) is 0.680. The quantitative estimate of drug-likeness (QED) is 0.694. The largest absolute Gasteiger partial charge is 0.344 e. The Hall–Kier alpha value is -1.39. The number of likely N-dealkylation sites (tertiary alicyclic amines) is 1. The Morgan fingerprint density at radius 3 is 2.41 bits per heavy atom. The van der Waals surface area contributed by atoms with Crippen molar-refractivity contribution in [3.8, 4) is 0 Å². The molecule has 1 aliphatic heterocycles. The Morgan fingerprint density at radius 2 is 1.76 bits per heavy atom. The van der Waals surface area contributed by atoms with Crippen LogP contribution < -0.4 is 5.73 Å². The van der Waals surface area contributed by atoms with Crippen LogP contribution in [0.15, 0.2) is 24.4 Å². The average molecular weight is 400 g/mol. The van der Waals surface area contributed by atoms with E-state index in [0.717, 1.165) is 36.1 Å². The molecule has 1 aliphatic carbocycles. The zero-order valence-corrected chi connectivity index (χ0v) is 18.2. The summed E-state index contributed by atoms with van der Waals surface area (Å²) < 4.78 is 16.3. The van der Waals surface area contributed by atoms with Crippen LogP contribution in [0.3, 0.4) is 0 Å². The first-order chi connectivity index (χ1) is 14.1. The van der Waals surface area contributed by atoms with Crippen LogP contribution in [0.2, 0.25) is 0 Å². The minimum absolute atomic E-state index is 0.143. The number of nitrogens with zero attached hydrogens (tertiary/aromatic N) is 2. The van der Waals surface area contributed by atoms with E-state index < -0.39 is 0 Å². The van der Waals surface area contributed by atoms with Gasteiger partial charge in [0.1, 0.15) is 5.82 Å². The lowest BCUT2D eigenvalue weighted by Crippen LogP contribution is -2.43. The first-order valence-corrected chi connectivity index (χ1v) is 11.8. The number of fused-ring (bicyclic) bond motifs is 1. The Balaban J connectivity index is 1.43. The van der Waals surface area contributed by atoms with Crippen molar-refractivity contribution in [2.45, 2.75) is 77.3 Å². The zero-order valence-electron chi connectivity index (χ0n) is 18.2. The van der Waals surface area contributed by atoms with Crippen LogP contribution in [-0.4, -0.2) is 35.1 Å². The summed E-state index contributed by atoms with van der Waals surface area (Å²) in [7, 11) is 0. The van der Waals surface area contributed by atoms with Crippen molar-refractivity contribution in [2.75, 3.05) is 19.6 Å². The van der Waals surface area contributed by atoms with Crippen molar-refractivity contribution in [1.29, 1.82) is 0 Å². The molecule has 2 heterocycles. The van der Waals surface area contributed by atoms with Crippen molar-refractivity contribution in [2.24, 2.45) is 17.6 Å². The third kappa shape index (κ3) is 4.54. The molecule has 0 bridgehead atoms. The Kier molecular flexibility index (Phi) is 6.60. The number of rotatable bonds is 6. The number of hydrogen-bond acceptors (Lipinski definition) is 2. The minimum atomic E-state index is -0.143. The highest BCUT2D eigenvalue weighted by Gasteiger charge is 2.30. The summed E-state index contributed by atoms with van der Waals surface area (Å²) in [5.74, 6) is 1.63. The van der Waals surface area contributed by atoms with Crippen LogP contribution in [0.25, 0.3) is 10.9 Å². The maximum absolute atomic E-state index is 13.9. The molecule has 2 N–H and O–H groups in total. The number of halogens is 1. The molecular weight excluding hydrogens is 361 g/mol. The molecule has 4 heteroatoms. The molecule has 4 rings (SSSR count). The van der Waals surface area contributed by atoms with E-state index in [4.69, 9.17) is 5.73 Å². The molecule has 1 aromatic heterocycles. The number of aromatic nitrogens is 1. The standard InChI is InChI=1S/C25H38FN3/c1-18(2)19-5-8-22(9-6-19)28-14-11-23(12-15-28)29-17-20(4-3-13-27)24-16-21(26)7-10-25(24)29/h7,10,16-19,22-23H,3-6,8-9,11-15,27H2,1-2H3/t19-,22+. The summed E-state index contributed by atoms with van der Waals surface area (Å²) in [6.07, 6.45) is 12.1. The van der Waals surface area contributed by atoms with E-state index >= 15 is 0 Å². The lowest BCUT2D eigenvalue weighted by atomic mass is 9.79. The fourth-order valence-corrected chi connectivity index (χ4v) is 5.75.